The molecule has 0 aliphatic rings. The van der Waals surface area contributed by atoms with Gasteiger partial charge >= 0.3 is 0 Å². The molecule has 128 valence electrons. The van der Waals surface area contributed by atoms with Crippen LogP contribution in [-0.2, 0) is 11.3 Å². The predicted octanol–water partition coefficient (Wildman–Crippen LogP) is 4.28. The van der Waals surface area contributed by atoms with Gasteiger partial charge in [0.25, 0.3) is 5.91 Å². The summed E-state index contributed by atoms with van der Waals surface area (Å²) in [5.41, 5.74) is 0.780. The quantitative estimate of drug-likeness (QED) is 0.238. The van der Waals surface area contributed by atoms with E-state index in [-0.39, 0.29) is 12.1 Å². The van der Waals surface area contributed by atoms with Crippen LogP contribution in [0.5, 0.6) is 5.75 Å². The topological polar surface area (TPSA) is 75.3 Å². The number of nitrogens with zero attached hydrogens (tertiary/aromatic N) is 1. The average molecular weight is 560 g/mol. The maximum absolute atomic E-state index is 12.2. The summed E-state index contributed by atoms with van der Waals surface area (Å²) in [6.07, 6.45) is 4.76. The molecule has 0 spiro atoms. The van der Waals surface area contributed by atoms with E-state index in [1.165, 1.54) is 6.26 Å². The van der Waals surface area contributed by atoms with Crippen LogP contribution in [0.15, 0.2) is 53.2 Å². The van der Waals surface area contributed by atoms with E-state index in [0.717, 1.165) is 18.5 Å². The van der Waals surface area contributed by atoms with Gasteiger partial charge in [0.1, 0.15) is 29.8 Å². The molecule has 0 aliphatic heterocycles. The van der Waals surface area contributed by atoms with E-state index in [4.69, 9.17) is 9.15 Å². The molecule has 1 heterocycles. The fraction of sp³-hybridized carbons (Fsp3) is 0.111. The third kappa shape index (κ3) is 5.61. The maximum atomic E-state index is 12.2. The van der Waals surface area contributed by atoms with Gasteiger partial charge < -0.3 is 14.5 Å². The molecule has 0 radical (unpaired) electrons. The lowest BCUT2D eigenvalue weighted by Gasteiger charge is -2.10. The van der Waals surface area contributed by atoms with Crippen molar-refractivity contribution < 1.29 is 13.9 Å². The highest BCUT2D eigenvalue weighted by Gasteiger charge is 2.12. The van der Waals surface area contributed by atoms with Crippen LogP contribution >= 0.6 is 45.2 Å². The monoisotopic (exact) mass is 560 g/mol. The highest BCUT2D eigenvalue weighted by molar-refractivity contribution is 14.1. The highest BCUT2D eigenvalue weighted by Crippen LogP contribution is 2.29. The lowest BCUT2D eigenvalue weighted by Crippen LogP contribution is -2.23. The first-order valence-electron chi connectivity index (χ1n) is 7.20. The van der Waals surface area contributed by atoms with Crippen LogP contribution in [0.4, 0.5) is 0 Å². The van der Waals surface area contributed by atoms with Crippen LogP contribution in [0, 0.1) is 18.5 Å². The molecule has 1 amide bonds. The summed E-state index contributed by atoms with van der Waals surface area (Å²) in [6.45, 7) is 4.28. The summed E-state index contributed by atoms with van der Waals surface area (Å²) in [7, 11) is 0. The Balaban J connectivity index is 2.16. The predicted molar refractivity (Wildman–Crippen MR) is 112 cm³/mol. The van der Waals surface area contributed by atoms with Crippen molar-refractivity contribution in [3.63, 3.8) is 0 Å². The number of ether oxygens (including phenoxy) is 1. The fourth-order valence-corrected chi connectivity index (χ4v) is 4.06. The number of hydrogen-bond donors (Lipinski definition) is 1. The summed E-state index contributed by atoms with van der Waals surface area (Å²) in [5.74, 6) is 0.938. The van der Waals surface area contributed by atoms with Crippen LogP contribution in [0.3, 0.4) is 0 Å². The molecular formula is C18H14I2N2O3. The molecule has 1 aromatic heterocycles. The highest BCUT2D eigenvalue weighted by atomic mass is 127. The van der Waals surface area contributed by atoms with Gasteiger partial charge in [0, 0.05) is 0 Å². The standard InChI is InChI=1S/C18H14I2N2O3/c1-2-5-25-17-15(19)8-12(9-16(17)20)7-13(10-21)18(23)22-11-14-4-3-6-24-14/h2-4,6-9H,1,5,11H2,(H,22,23)/b13-7+. The van der Waals surface area contributed by atoms with Crippen molar-refractivity contribution in [2.45, 2.75) is 6.54 Å². The van der Waals surface area contributed by atoms with Crippen LogP contribution in [0.2, 0.25) is 0 Å². The number of nitrogens with one attached hydrogen (secondary N) is 1. The van der Waals surface area contributed by atoms with Crippen molar-refractivity contribution in [2.24, 2.45) is 0 Å². The summed E-state index contributed by atoms with van der Waals surface area (Å²) in [4.78, 5) is 12.2. The smallest absolute Gasteiger partial charge is 0.262 e. The van der Waals surface area contributed by atoms with Gasteiger partial charge in [-0.15, -0.1) is 0 Å². The second-order valence-corrected chi connectivity index (χ2v) is 7.17. The van der Waals surface area contributed by atoms with Crippen LogP contribution in [-0.4, -0.2) is 12.5 Å². The number of rotatable bonds is 7. The number of furan rings is 1. The molecule has 0 aliphatic carbocycles. The Hall–Kier alpha value is -1.80. The lowest BCUT2D eigenvalue weighted by atomic mass is 10.1. The van der Waals surface area contributed by atoms with Gasteiger partial charge in [-0.1, -0.05) is 12.7 Å². The van der Waals surface area contributed by atoms with Gasteiger partial charge in [-0.05, 0) is 81.1 Å². The van der Waals surface area contributed by atoms with Crippen molar-refractivity contribution in [1.29, 1.82) is 5.26 Å². The number of carbonyl (C=O) groups excluding carboxylic acids is 1. The zero-order valence-electron chi connectivity index (χ0n) is 13.1. The normalized spacial score (nSPS) is 10.8. The van der Waals surface area contributed by atoms with Crippen molar-refractivity contribution in [2.75, 3.05) is 6.61 Å². The van der Waals surface area contributed by atoms with E-state index in [0.29, 0.717) is 12.4 Å². The Morgan fingerprint density at radius 1 is 1.40 bits per heavy atom. The summed E-state index contributed by atoms with van der Waals surface area (Å²) < 4.78 is 12.6. The molecule has 5 nitrogen and oxygen atoms in total. The van der Waals surface area contributed by atoms with E-state index in [9.17, 15) is 10.1 Å². The lowest BCUT2D eigenvalue weighted by molar-refractivity contribution is -0.117. The first kappa shape index (κ1) is 19.5. The number of nitriles is 1. The minimum absolute atomic E-state index is 0.0258. The molecule has 2 rings (SSSR count). The minimum Gasteiger partial charge on any atom is -0.487 e. The van der Waals surface area contributed by atoms with E-state index in [2.05, 4.69) is 57.1 Å². The number of amides is 1. The second-order valence-electron chi connectivity index (χ2n) is 4.85. The van der Waals surface area contributed by atoms with Gasteiger partial charge in [-0.3, -0.25) is 4.79 Å². The first-order valence-corrected chi connectivity index (χ1v) is 9.36. The second kappa shape index (κ2) is 9.62. The van der Waals surface area contributed by atoms with Crippen molar-refractivity contribution in [3.8, 4) is 11.8 Å². The average Bonchev–Trinajstić information content (AvgIpc) is 3.10. The van der Waals surface area contributed by atoms with Crippen molar-refractivity contribution in [3.05, 3.63) is 67.2 Å². The molecule has 2 aromatic rings. The van der Waals surface area contributed by atoms with Gasteiger partial charge in [-0.25, -0.2) is 0 Å². The van der Waals surface area contributed by atoms with Gasteiger partial charge in [0.2, 0.25) is 0 Å². The Bertz CT molecular complexity index is 813. The molecule has 7 heteroatoms. The zero-order valence-corrected chi connectivity index (χ0v) is 17.4. The van der Waals surface area contributed by atoms with E-state index < -0.39 is 5.91 Å². The summed E-state index contributed by atoms with van der Waals surface area (Å²) in [5, 5.41) is 11.9. The molecular weight excluding hydrogens is 546 g/mol. The zero-order chi connectivity index (χ0) is 18.2. The Labute approximate surface area is 173 Å². The largest absolute Gasteiger partial charge is 0.487 e. The first-order chi connectivity index (χ1) is 12.0. The summed E-state index contributed by atoms with van der Waals surface area (Å²) >= 11 is 4.32. The molecule has 0 unspecified atom stereocenters. The molecule has 25 heavy (non-hydrogen) atoms. The number of hydrogen-bond acceptors (Lipinski definition) is 4. The molecule has 0 atom stereocenters. The van der Waals surface area contributed by atoms with Gasteiger partial charge in [-0.2, -0.15) is 5.26 Å². The number of benzene rings is 1. The minimum atomic E-state index is -0.448. The van der Waals surface area contributed by atoms with Crippen LogP contribution in [0.25, 0.3) is 6.08 Å². The van der Waals surface area contributed by atoms with Gasteiger partial charge in [0.15, 0.2) is 0 Å². The third-order valence-electron chi connectivity index (χ3n) is 3.05. The molecule has 0 fully saturated rings. The van der Waals surface area contributed by atoms with Crippen LogP contribution < -0.4 is 10.1 Å². The third-order valence-corrected chi connectivity index (χ3v) is 4.65. The molecule has 1 aromatic carbocycles. The Kier molecular flexibility index (Phi) is 7.52. The van der Waals surface area contributed by atoms with Crippen molar-refractivity contribution >= 4 is 57.2 Å². The van der Waals surface area contributed by atoms with E-state index >= 15 is 0 Å². The van der Waals surface area contributed by atoms with Crippen molar-refractivity contribution in [1.82, 2.24) is 5.32 Å². The number of carbonyl (C=O) groups is 1. The Morgan fingerprint density at radius 2 is 2.12 bits per heavy atom. The number of halogens is 2. The SMILES string of the molecule is C=CCOc1c(I)cc(/C=C(\C#N)C(=O)NCc2ccco2)cc1I. The van der Waals surface area contributed by atoms with E-state index in [1.54, 1.807) is 24.3 Å². The molecule has 0 bridgehead atoms. The molecule has 0 saturated carbocycles. The summed E-state index contributed by atoms with van der Waals surface area (Å²) in [6, 6.07) is 9.15. The van der Waals surface area contributed by atoms with Crippen LogP contribution in [0.1, 0.15) is 11.3 Å². The van der Waals surface area contributed by atoms with E-state index in [1.807, 2.05) is 18.2 Å². The molecule has 0 saturated heterocycles. The fourth-order valence-electron chi connectivity index (χ4n) is 1.93. The molecule has 1 N–H and O–H groups in total. The van der Waals surface area contributed by atoms with Gasteiger partial charge in [0.05, 0.1) is 19.9 Å². The Morgan fingerprint density at radius 3 is 2.68 bits per heavy atom. The maximum Gasteiger partial charge on any atom is 0.262 e.